The number of rotatable bonds is 3. The molecule has 1 aromatic rings. The number of carbonyl (C=O) groups excluding carboxylic acids is 1. The summed E-state index contributed by atoms with van der Waals surface area (Å²) in [6, 6.07) is 8.11. The number of ketones is 1. The van der Waals surface area contributed by atoms with E-state index < -0.39 is 0 Å². The molecule has 3 nitrogen and oxygen atoms in total. The maximum atomic E-state index is 12.2. The monoisotopic (exact) mass is 247 g/mol. The van der Waals surface area contributed by atoms with E-state index in [0.29, 0.717) is 19.2 Å². The van der Waals surface area contributed by atoms with Gasteiger partial charge in [-0.05, 0) is 26.8 Å². The van der Waals surface area contributed by atoms with Crippen molar-refractivity contribution in [1.82, 2.24) is 4.90 Å². The third-order valence-electron chi connectivity index (χ3n) is 3.42. The first-order chi connectivity index (χ1) is 8.56. The SMILES string of the molecule is Cc1cccc(C(=O)CN2CC(C)OCC2C)c1. The van der Waals surface area contributed by atoms with E-state index in [0.717, 1.165) is 17.7 Å². The van der Waals surface area contributed by atoms with Crippen molar-refractivity contribution in [3.8, 4) is 0 Å². The fourth-order valence-electron chi connectivity index (χ4n) is 2.29. The van der Waals surface area contributed by atoms with Gasteiger partial charge in [-0.15, -0.1) is 0 Å². The highest BCUT2D eigenvalue weighted by atomic mass is 16.5. The van der Waals surface area contributed by atoms with Crippen LogP contribution in [0.1, 0.15) is 29.8 Å². The van der Waals surface area contributed by atoms with Crippen molar-refractivity contribution < 1.29 is 9.53 Å². The lowest BCUT2D eigenvalue weighted by Gasteiger charge is -2.36. The molecule has 0 bridgehead atoms. The fraction of sp³-hybridized carbons (Fsp3) is 0.533. The van der Waals surface area contributed by atoms with Crippen LogP contribution in [0, 0.1) is 6.92 Å². The molecule has 2 rings (SSSR count). The van der Waals surface area contributed by atoms with Crippen LogP contribution in [0.25, 0.3) is 0 Å². The maximum absolute atomic E-state index is 12.2. The zero-order chi connectivity index (χ0) is 13.1. The van der Waals surface area contributed by atoms with Gasteiger partial charge in [-0.2, -0.15) is 0 Å². The summed E-state index contributed by atoms with van der Waals surface area (Å²) < 4.78 is 5.57. The van der Waals surface area contributed by atoms with E-state index in [-0.39, 0.29) is 11.9 Å². The molecule has 0 saturated carbocycles. The average molecular weight is 247 g/mol. The number of carbonyl (C=O) groups is 1. The zero-order valence-electron chi connectivity index (χ0n) is 11.3. The van der Waals surface area contributed by atoms with Gasteiger partial charge in [0.15, 0.2) is 5.78 Å². The minimum atomic E-state index is 0.194. The van der Waals surface area contributed by atoms with Gasteiger partial charge < -0.3 is 4.74 Å². The predicted molar refractivity (Wildman–Crippen MR) is 72.0 cm³/mol. The molecule has 98 valence electrons. The third-order valence-corrected chi connectivity index (χ3v) is 3.42. The molecule has 18 heavy (non-hydrogen) atoms. The molecule has 1 aromatic carbocycles. The Morgan fingerprint density at radius 1 is 1.44 bits per heavy atom. The zero-order valence-corrected chi connectivity index (χ0v) is 11.3. The molecule has 0 spiro atoms. The molecule has 1 aliphatic rings. The van der Waals surface area contributed by atoms with Crippen LogP contribution < -0.4 is 0 Å². The second-order valence-electron chi connectivity index (χ2n) is 5.22. The number of benzene rings is 1. The number of ether oxygens (including phenoxy) is 1. The second kappa shape index (κ2) is 5.63. The molecule has 1 fully saturated rings. The molecule has 0 amide bonds. The van der Waals surface area contributed by atoms with Gasteiger partial charge >= 0.3 is 0 Å². The summed E-state index contributed by atoms with van der Waals surface area (Å²) in [4.78, 5) is 14.4. The molecule has 1 heterocycles. The summed E-state index contributed by atoms with van der Waals surface area (Å²) in [5.41, 5.74) is 1.94. The minimum Gasteiger partial charge on any atom is -0.376 e. The van der Waals surface area contributed by atoms with E-state index in [1.54, 1.807) is 0 Å². The van der Waals surface area contributed by atoms with Gasteiger partial charge in [0.05, 0.1) is 19.3 Å². The molecule has 0 aliphatic carbocycles. The molecule has 0 aromatic heterocycles. The summed E-state index contributed by atoms with van der Waals surface area (Å²) in [7, 11) is 0. The predicted octanol–water partition coefficient (Wildman–Crippen LogP) is 2.29. The number of Topliss-reactive ketones (excluding diaryl/α,β-unsaturated/α-hetero) is 1. The summed E-state index contributed by atoms with van der Waals surface area (Å²) in [5.74, 6) is 0.194. The molecule has 0 radical (unpaired) electrons. The molecular formula is C15H21NO2. The van der Waals surface area contributed by atoms with Crippen molar-refractivity contribution in [2.75, 3.05) is 19.7 Å². The number of hydrogen-bond donors (Lipinski definition) is 0. The number of aryl methyl sites for hydroxylation is 1. The average Bonchev–Trinajstić information content (AvgIpc) is 2.34. The second-order valence-corrected chi connectivity index (χ2v) is 5.22. The van der Waals surface area contributed by atoms with E-state index in [1.165, 1.54) is 0 Å². The Labute approximate surface area is 109 Å². The maximum Gasteiger partial charge on any atom is 0.176 e. The first-order valence-electron chi connectivity index (χ1n) is 6.52. The van der Waals surface area contributed by atoms with Crippen LogP contribution in [0.5, 0.6) is 0 Å². The highest BCUT2D eigenvalue weighted by molar-refractivity contribution is 5.97. The quantitative estimate of drug-likeness (QED) is 0.767. The Hall–Kier alpha value is -1.19. The summed E-state index contributed by atoms with van der Waals surface area (Å²) in [6.45, 7) is 8.20. The van der Waals surface area contributed by atoms with Crippen molar-refractivity contribution in [2.45, 2.75) is 32.9 Å². The van der Waals surface area contributed by atoms with E-state index in [2.05, 4.69) is 18.7 Å². The van der Waals surface area contributed by atoms with Gasteiger partial charge in [-0.25, -0.2) is 0 Å². The van der Waals surface area contributed by atoms with Gasteiger partial charge in [-0.3, -0.25) is 9.69 Å². The van der Waals surface area contributed by atoms with Crippen molar-refractivity contribution in [2.24, 2.45) is 0 Å². The number of morpholine rings is 1. The van der Waals surface area contributed by atoms with E-state index in [9.17, 15) is 4.79 Å². The molecule has 2 unspecified atom stereocenters. The van der Waals surface area contributed by atoms with Crippen LogP contribution in [-0.4, -0.2) is 42.5 Å². The fourth-order valence-corrected chi connectivity index (χ4v) is 2.29. The van der Waals surface area contributed by atoms with Crippen LogP contribution in [0.2, 0.25) is 0 Å². The molecule has 2 atom stereocenters. The summed E-state index contributed by atoms with van der Waals surface area (Å²) >= 11 is 0. The van der Waals surface area contributed by atoms with Crippen molar-refractivity contribution in [3.63, 3.8) is 0 Å². The van der Waals surface area contributed by atoms with Crippen molar-refractivity contribution in [3.05, 3.63) is 35.4 Å². The first kappa shape index (κ1) is 13.2. The lowest BCUT2D eigenvalue weighted by Crippen LogP contribution is -2.49. The Morgan fingerprint density at radius 3 is 2.94 bits per heavy atom. The molecule has 0 N–H and O–H groups in total. The highest BCUT2D eigenvalue weighted by Crippen LogP contribution is 2.13. The standard InChI is InChI=1S/C15H21NO2/c1-11-5-4-6-14(7-11)15(17)9-16-8-13(3)18-10-12(16)2/h4-7,12-13H,8-10H2,1-3H3. The largest absolute Gasteiger partial charge is 0.376 e. The molecule has 1 aliphatic heterocycles. The lowest BCUT2D eigenvalue weighted by atomic mass is 10.1. The Morgan fingerprint density at radius 2 is 2.22 bits per heavy atom. The summed E-state index contributed by atoms with van der Waals surface area (Å²) in [5, 5.41) is 0. The van der Waals surface area contributed by atoms with Gasteiger partial charge in [-0.1, -0.05) is 23.8 Å². The number of nitrogens with zero attached hydrogens (tertiary/aromatic N) is 1. The van der Waals surface area contributed by atoms with Crippen LogP contribution in [0.15, 0.2) is 24.3 Å². The van der Waals surface area contributed by atoms with Crippen LogP contribution in [0.3, 0.4) is 0 Å². The van der Waals surface area contributed by atoms with Crippen LogP contribution >= 0.6 is 0 Å². The van der Waals surface area contributed by atoms with Gasteiger partial charge in [0.25, 0.3) is 0 Å². The summed E-state index contributed by atoms with van der Waals surface area (Å²) in [6.07, 6.45) is 0.214. The Bertz CT molecular complexity index is 430. The topological polar surface area (TPSA) is 29.5 Å². The normalized spacial score (nSPS) is 25.1. The molecular weight excluding hydrogens is 226 g/mol. The van der Waals surface area contributed by atoms with Crippen LogP contribution in [-0.2, 0) is 4.74 Å². The minimum absolute atomic E-state index is 0.194. The smallest absolute Gasteiger partial charge is 0.176 e. The first-order valence-corrected chi connectivity index (χ1v) is 6.52. The van der Waals surface area contributed by atoms with Gasteiger partial charge in [0.2, 0.25) is 0 Å². The van der Waals surface area contributed by atoms with E-state index in [4.69, 9.17) is 4.74 Å². The Balaban J connectivity index is 2.02. The number of hydrogen-bond acceptors (Lipinski definition) is 3. The third kappa shape index (κ3) is 3.18. The highest BCUT2D eigenvalue weighted by Gasteiger charge is 2.25. The van der Waals surface area contributed by atoms with Gasteiger partial charge in [0, 0.05) is 18.2 Å². The Kier molecular flexibility index (Phi) is 4.15. The van der Waals surface area contributed by atoms with E-state index in [1.807, 2.05) is 31.2 Å². The van der Waals surface area contributed by atoms with Gasteiger partial charge in [0.1, 0.15) is 0 Å². The molecule has 1 saturated heterocycles. The molecule has 3 heteroatoms. The van der Waals surface area contributed by atoms with Crippen molar-refractivity contribution >= 4 is 5.78 Å². The lowest BCUT2D eigenvalue weighted by molar-refractivity contribution is -0.0460. The van der Waals surface area contributed by atoms with Crippen LogP contribution in [0.4, 0.5) is 0 Å². The van der Waals surface area contributed by atoms with Crippen molar-refractivity contribution in [1.29, 1.82) is 0 Å². The van der Waals surface area contributed by atoms with E-state index >= 15 is 0 Å².